The third-order valence-corrected chi connectivity index (χ3v) is 3.23. The number of para-hydroxylation sites is 1. The molecule has 1 unspecified atom stereocenters. The number of nitrogens with one attached hydrogen (secondary N) is 1. The summed E-state index contributed by atoms with van der Waals surface area (Å²) in [5.74, 6) is 0.867. The molecule has 0 spiro atoms. The van der Waals surface area contributed by atoms with Crippen molar-refractivity contribution >= 4 is 11.0 Å². The second kappa shape index (κ2) is 5.43. The van der Waals surface area contributed by atoms with Gasteiger partial charge in [0.25, 0.3) is 0 Å². The van der Waals surface area contributed by atoms with E-state index in [4.69, 9.17) is 4.42 Å². The van der Waals surface area contributed by atoms with Gasteiger partial charge in [0.1, 0.15) is 17.4 Å². The van der Waals surface area contributed by atoms with E-state index in [1.165, 1.54) is 0 Å². The number of rotatable bonds is 4. The Morgan fingerprint density at radius 3 is 2.75 bits per heavy atom. The number of aromatic nitrogens is 2. The minimum Gasteiger partial charge on any atom is -0.459 e. The number of hydrogen-bond acceptors (Lipinski definition) is 4. The van der Waals surface area contributed by atoms with Crippen LogP contribution in [0.1, 0.15) is 30.1 Å². The van der Waals surface area contributed by atoms with Gasteiger partial charge in [0, 0.05) is 11.6 Å². The monoisotopic (exact) mass is 267 g/mol. The van der Waals surface area contributed by atoms with Crippen LogP contribution in [0.5, 0.6) is 0 Å². The topological polar surface area (TPSA) is 51.0 Å². The lowest BCUT2D eigenvalue weighted by atomic mass is 10.1. The molecule has 1 N–H and O–H groups in total. The van der Waals surface area contributed by atoms with Crippen molar-refractivity contribution in [2.75, 3.05) is 6.54 Å². The fourth-order valence-corrected chi connectivity index (χ4v) is 2.25. The van der Waals surface area contributed by atoms with Crippen molar-refractivity contribution in [1.82, 2.24) is 15.3 Å². The summed E-state index contributed by atoms with van der Waals surface area (Å²) in [6.07, 6.45) is 3.58. The highest BCUT2D eigenvalue weighted by atomic mass is 16.3. The van der Waals surface area contributed by atoms with E-state index in [2.05, 4.69) is 28.3 Å². The smallest absolute Gasteiger partial charge is 0.134 e. The molecule has 4 heteroatoms. The molecule has 2 aromatic heterocycles. The van der Waals surface area contributed by atoms with Gasteiger partial charge in [-0.25, -0.2) is 0 Å². The van der Waals surface area contributed by atoms with E-state index >= 15 is 0 Å². The van der Waals surface area contributed by atoms with Crippen LogP contribution in [-0.4, -0.2) is 16.5 Å². The first-order valence-electron chi connectivity index (χ1n) is 6.78. The van der Waals surface area contributed by atoms with E-state index in [0.717, 1.165) is 34.7 Å². The van der Waals surface area contributed by atoms with Crippen molar-refractivity contribution in [3.8, 4) is 0 Å². The molecule has 0 saturated carbocycles. The van der Waals surface area contributed by atoms with Gasteiger partial charge >= 0.3 is 0 Å². The number of fused-ring (bicyclic) bond motifs is 1. The van der Waals surface area contributed by atoms with Crippen molar-refractivity contribution < 1.29 is 4.42 Å². The van der Waals surface area contributed by atoms with Gasteiger partial charge in [-0.05, 0) is 25.6 Å². The normalized spacial score (nSPS) is 12.7. The summed E-state index contributed by atoms with van der Waals surface area (Å²) in [5, 5.41) is 4.50. The highest BCUT2D eigenvalue weighted by Crippen LogP contribution is 2.27. The van der Waals surface area contributed by atoms with Gasteiger partial charge in [0.15, 0.2) is 0 Å². The second-order valence-corrected chi connectivity index (χ2v) is 4.76. The number of aryl methyl sites for hydroxylation is 1. The Morgan fingerprint density at radius 1 is 1.20 bits per heavy atom. The van der Waals surface area contributed by atoms with Crippen molar-refractivity contribution in [2.24, 2.45) is 0 Å². The molecule has 3 aromatic rings. The first-order chi connectivity index (χ1) is 9.78. The lowest BCUT2D eigenvalue weighted by Gasteiger charge is -2.14. The molecule has 4 nitrogen and oxygen atoms in total. The Hall–Kier alpha value is -2.20. The Labute approximate surface area is 117 Å². The third kappa shape index (κ3) is 2.42. The van der Waals surface area contributed by atoms with Gasteiger partial charge < -0.3 is 9.73 Å². The van der Waals surface area contributed by atoms with Crippen LogP contribution < -0.4 is 5.32 Å². The molecule has 0 aliphatic carbocycles. The lowest BCUT2D eigenvalue weighted by Crippen LogP contribution is -2.22. The van der Waals surface area contributed by atoms with E-state index < -0.39 is 0 Å². The number of benzene rings is 1. The maximum absolute atomic E-state index is 5.94. The van der Waals surface area contributed by atoms with Crippen LogP contribution >= 0.6 is 0 Å². The Kier molecular flexibility index (Phi) is 3.48. The van der Waals surface area contributed by atoms with E-state index in [9.17, 15) is 0 Å². The molecule has 0 radical (unpaired) electrons. The molecule has 1 atom stereocenters. The predicted octanol–water partition coefficient (Wildman–Crippen LogP) is 3.23. The van der Waals surface area contributed by atoms with Gasteiger partial charge in [-0.3, -0.25) is 9.97 Å². The van der Waals surface area contributed by atoms with Gasteiger partial charge in [-0.15, -0.1) is 0 Å². The Morgan fingerprint density at radius 2 is 2.05 bits per heavy atom. The van der Waals surface area contributed by atoms with Crippen LogP contribution in [0, 0.1) is 6.92 Å². The summed E-state index contributed by atoms with van der Waals surface area (Å²) >= 11 is 0. The van der Waals surface area contributed by atoms with Gasteiger partial charge in [-0.1, -0.05) is 25.1 Å². The lowest BCUT2D eigenvalue weighted by molar-refractivity contribution is 0.470. The van der Waals surface area contributed by atoms with Crippen molar-refractivity contribution in [3.63, 3.8) is 0 Å². The zero-order valence-electron chi connectivity index (χ0n) is 11.6. The van der Waals surface area contributed by atoms with E-state index in [1.54, 1.807) is 12.4 Å². The zero-order chi connectivity index (χ0) is 13.9. The highest BCUT2D eigenvalue weighted by Gasteiger charge is 2.19. The van der Waals surface area contributed by atoms with Gasteiger partial charge in [0.05, 0.1) is 17.6 Å². The molecular formula is C16H17N3O. The predicted molar refractivity (Wildman–Crippen MR) is 78.5 cm³/mol. The van der Waals surface area contributed by atoms with E-state index in [0.29, 0.717) is 0 Å². The molecule has 0 saturated heterocycles. The number of nitrogens with zero attached hydrogens (tertiary/aromatic N) is 2. The van der Waals surface area contributed by atoms with Crippen molar-refractivity contribution in [2.45, 2.75) is 19.9 Å². The summed E-state index contributed by atoms with van der Waals surface area (Å²) in [6.45, 7) is 4.83. The molecule has 0 aliphatic rings. The molecular weight excluding hydrogens is 250 g/mol. The number of furan rings is 1. The standard InChI is InChI=1S/C16H17N3O/c1-3-17-16(13-10-18-11(2)9-19-13)15-8-12-6-4-5-7-14(12)20-15/h4-10,16-17H,3H2,1-2H3. The fraction of sp³-hybridized carbons (Fsp3) is 0.250. The quantitative estimate of drug-likeness (QED) is 0.788. The Balaban J connectivity index is 2.03. The third-order valence-electron chi connectivity index (χ3n) is 3.23. The van der Waals surface area contributed by atoms with Crippen LogP contribution in [0.3, 0.4) is 0 Å². The molecule has 0 amide bonds. The maximum atomic E-state index is 5.94. The first-order valence-corrected chi connectivity index (χ1v) is 6.78. The fourth-order valence-electron chi connectivity index (χ4n) is 2.25. The van der Waals surface area contributed by atoms with E-state index in [-0.39, 0.29) is 6.04 Å². The molecule has 20 heavy (non-hydrogen) atoms. The minimum atomic E-state index is -0.0690. The zero-order valence-corrected chi connectivity index (χ0v) is 11.6. The summed E-state index contributed by atoms with van der Waals surface area (Å²) in [6, 6.07) is 10.00. The van der Waals surface area contributed by atoms with Gasteiger partial charge in [0.2, 0.25) is 0 Å². The minimum absolute atomic E-state index is 0.0690. The number of hydrogen-bond donors (Lipinski definition) is 1. The van der Waals surface area contributed by atoms with Crippen molar-refractivity contribution in [3.05, 3.63) is 59.9 Å². The van der Waals surface area contributed by atoms with Crippen LogP contribution in [-0.2, 0) is 0 Å². The van der Waals surface area contributed by atoms with Crippen molar-refractivity contribution in [1.29, 1.82) is 0 Å². The largest absolute Gasteiger partial charge is 0.459 e. The second-order valence-electron chi connectivity index (χ2n) is 4.76. The van der Waals surface area contributed by atoms with Crippen LogP contribution in [0.4, 0.5) is 0 Å². The summed E-state index contributed by atoms with van der Waals surface area (Å²) < 4.78 is 5.94. The molecule has 1 aromatic carbocycles. The summed E-state index contributed by atoms with van der Waals surface area (Å²) in [7, 11) is 0. The first kappa shape index (κ1) is 12.8. The van der Waals surface area contributed by atoms with Crippen LogP contribution in [0.25, 0.3) is 11.0 Å². The SMILES string of the molecule is CCNC(c1cnc(C)cn1)c1cc2ccccc2o1. The maximum Gasteiger partial charge on any atom is 0.134 e. The molecule has 0 bridgehead atoms. The molecule has 2 heterocycles. The molecule has 0 fully saturated rings. The van der Waals surface area contributed by atoms with Crippen LogP contribution in [0.2, 0.25) is 0 Å². The van der Waals surface area contributed by atoms with E-state index in [1.807, 2.05) is 31.2 Å². The molecule has 102 valence electrons. The molecule has 0 aliphatic heterocycles. The average Bonchev–Trinajstić information content (AvgIpc) is 2.89. The highest BCUT2D eigenvalue weighted by molar-refractivity contribution is 5.77. The molecule has 3 rings (SSSR count). The summed E-state index contributed by atoms with van der Waals surface area (Å²) in [5.41, 5.74) is 2.68. The Bertz CT molecular complexity index is 670. The van der Waals surface area contributed by atoms with Crippen LogP contribution in [0.15, 0.2) is 47.1 Å². The average molecular weight is 267 g/mol. The van der Waals surface area contributed by atoms with Gasteiger partial charge in [-0.2, -0.15) is 0 Å². The summed E-state index contributed by atoms with van der Waals surface area (Å²) in [4.78, 5) is 8.78.